The number of nitrogens with zero attached hydrogens (tertiary/aromatic N) is 2. The fraction of sp³-hybridized carbons (Fsp3) is 0.417. The summed E-state index contributed by atoms with van der Waals surface area (Å²) in [5, 5.41) is 1.40. The molecule has 4 rings (SSSR count). The van der Waals surface area contributed by atoms with Crippen molar-refractivity contribution in [1.29, 1.82) is 0 Å². The molecule has 1 aromatic carbocycles. The third-order valence-corrected chi connectivity index (χ3v) is 6.62. The van der Waals surface area contributed by atoms with Gasteiger partial charge in [0.25, 0.3) is 0 Å². The molecule has 1 aliphatic carbocycles. The van der Waals surface area contributed by atoms with Gasteiger partial charge in [-0.05, 0) is 50.0 Å². The van der Waals surface area contributed by atoms with Crippen LogP contribution < -0.4 is 0 Å². The van der Waals surface area contributed by atoms with E-state index in [2.05, 4.69) is 79.2 Å². The first-order valence-electron chi connectivity index (χ1n) is 10.1. The highest BCUT2D eigenvalue weighted by Gasteiger charge is 2.44. The molecule has 1 aliphatic heterocycles. The number of benzene rings is 1. The van der Waals surface area contributed by atoms with E-state index in [1.807, 2.05) is 6.08 Å². The van der Waals surface area contributed by atoms with Crippen molar-refractivity contribution >= 4 is 16.5 Å². The van der Waals surface area contributed by atoms with Crippen LogP contribution in [0.25, 0.3) is 16.5 Å². The summed E-state index contributed by atoms with van der Waals surface area (Å²) in [7, 11) is 0. The van der Waals surface area contributed by atoms with Gasteiger partial charge in [-0.3, -0.25) is 4.90 Å². The van der Waals surface area contributed by atoms with Crippen molar-refractivity contribution in [3.05, 3.63) is 66.5 Å². The van der Waals surface area contributed by atoms with Gasteiger partial charge in [0.1, 0.15) is 0 Å². The van der Waals surface area contributed by atoms with Crippen LogP contribution in [0.2, 0.25) is 0 Å². The van der Waals surface area contributed by atoms with Gasteiger partial charge in [-0.1, -0.05) is 30.9 Å². The zero-order chi connectivity index (χ0) is 19.2. The highest BCUT2D eigenvalue weighted by atomic mass is 15.2. The fourth-order valence-electron chi connectivity index (χ4n) is 5.12. The van der Waals surface area contributed by atoms with Crippen LogP contribution in [-0.2, 0) is 6.42 Å². The second-order valence-corrected chi connectivity index (χ2v) is 8.04. The van der Waals surface area contributed by atoms with Crippen molar-refractivity contribution in [3.63, 3.8) is 0 Å². The van der Waals surface area contributed by atoms with E-state index in [0.29, 0.717) is 5.92 Å². The van der Waals surface area contributed by atoms with Gasteiger partial charge in [-0.15, -0.1) is 6.58 Å². The van der Waals surface area contributed by atoms with Gasteiger partial charge in [-0.2, -0.15) is 0 Å². The molecule has 142 valence electrons. The van der Waals surface area contributed by atoms with Gasteiger partial charge in [0.2, 0.25) is 0 Å². The second kappa shape index (κ2) is 6.72. The highest BCUT2D eigenvalue weighted by molar-refractivity contribution is 5.99. The Morgan fingerprint density at radius 1 is 1.37 bits per heavy atom. The van der Waals surface area contributed by atoms with Gasteiger partial charge in [0.15, 0.2) is 0 Å². The third-order valence-electron chi connectivity index (χ3n) is 6.62. The Labute approximate surface area is 163 Å². The molecule has 2 aliphatic rings. The van der Waals surface area contributed by atoms with Crippen molar-refractivity contribution in [3.8, 4) is 0 Å². The average Bonchev–Trinajstić information content (AvgIpc) is 3.07. The third kappa shape index (κ3) is 2.68. The summed E-state index contributed by atoms with van der Waals surface area (Å²) in [6.45, 7) is 19.2. The lowest BCUT2D eigenvalue weighted by atomic mass is 9.70. The van der Waals surface area contributed by atoms with Crippen LogP contribution in [0.15, 0.2) is 55.4 Å². The van der Waals surface area contributed by atoms with Gasteiger partial charge < -0.3 is 9.88 Å². The minimum atomic E-state index is -0.00228. The zero-order valence-electron chi connectivity index (χ0n) is 16.9. The molecule has 3 nitrogen and oxygen atoms in total. The lowest BCUT2D eigenvalue weighted by Crippen LogP contribution is -2.55. The van der Waals surface area contributed by atoms with Crippen molar-refractivity contribution in [2.24, 2.45) is 5.92 Å². The first kappa shape index (κ1) is 18.1. The topological polar surface area (TPSA) is 22.3 Å². The molecule has 27 heavy (non-hydrogen) atoms. The number of H-pyrrole nitrogens is 1. The maximum absolute atomic E-state index is 4.48. The van der Waals surface area contributed by atoms with Crippen LogP contribution >= 0.6 is 0 Å². The Bertz CT molecular complexity index is 915. The van der Waals surface area contributed by atoms with Crippen molar-refractivity contribution < 1.29 is 0 Å². The summed E-state index contributed by atoms with van der Waals surface area (Å²) in [5.74, 6) is 0.337. The quantitative estimate of drug-likeness (QED) is 0.744. The van der Waals surface area contributed by atoms with Gasteiger partial charge >= 0.3 is 0 Å². The molecule has 0 fully saturated rings. The lowest BCUT2D eigenvalue weighted by molar-refractivity contribution is 0.141. The summed E-state index contributed by atoms with van der Waals surface area (Å²) >= 11 is 0. The number of nitrogens with one attached hydrogen (secondary N) is 1. The van der Waals surface area contributed by atoms with E-state index in [1.54, 1.807) is 0 Å². The van der Waals surface area contributed by atoms with Crippen LogP contribution in [0.4, 0.5) is 0 Å². The smallest absolute Gasteiger partial charge is 0.0480 e. The summed E-state index contributed by atoms with van der Waals surface area (Å²) in [4.78, 5) is 8.46. The molecule has 0 bridgehead atoms. The van der Waals surface area contributed by atoms with Crippen molar-refractivity contribution in [2.75, 3.05) is 26.2 Å². The van der Waals surface area contributed by atoms with E-state index in [4.69, 9.17) is 0 Å². The number of fused-ring (bicyclic) bond motifs is 2. The first-order valence-corrected chi connectivity index (χ1v) is 10.1. The summed E-state index contributed by atoms with van der Waals surface area (Å²) < 4.78 is 0. The van der Waals surface area contributed by atoms with E-state index in [9.17, 15) is 0 Å². The Morgan fingerprint density at radius 2 is 2.15 bits per heavy atom. The molecular weight excluding hydrogens is 330 g/mol. The summed E-state index contributed by atoms with van der Waals surface area (Å²) in [5.41, 5.74) is 6.73. The second-order valence-electron chi connectivity index (χ2n) is 8.04. The fourth-order valence-corrected chi connectivity index (χ4v) is 5.12. The Balaban J connectivity index is 1.87. The first-order chi connectivity index (χ1) is 13.0. The minimum absolute atomic E-state index is 0.00228. The van der Waals surface area contributed by atoms with E-state index in [0.717, 1.165) is 32.6 Å². The highest BCUT2D eigenvalue weighted by Crippen LogP contribution is 2.48. The van der Waals surface area contributed by atoms with Crippen molar-refractivity contribution in [1.82, 2.24) is 14.8 Å². The summed E-state index contributed by atoms with van der Waals surface area (Å²) in [6, 6.07) is 6.64. The van der Waals surface area contributed by atoms with Crippen LogP contribution in [0.1, 0.15) is 31.9 Å². The molecule has 0 saturated carbocycles. The van der Waals surface area contributed by atoms with E-state index in [1.165, 1.54) is 33.3 Å². The number of hydrogen-bond acceptors (Lipinski definition) is 2. The molecule has 2 heterocycles. The molecule has 1 unspecified atom stereocenters. The number of aromatic nitrogens is 1. The van der Waals surface area contributed by atoms with Crippen molar-refractivity contribution in [2.45, 2.75) is 32.7 Å². The standard InChI is InChI=1S/C24H31N3/c1-6-12-27-16-18(17(4)26(7-2)8-3)13-21-20-10-9-11-22-23(20)19(15-25-22)14-24(21,27)5/h6,9-11,13,15,18,25H,1,4,7-8,12,14,16H2,2-3,5H3/t18?,24-/m0/s1. The zero-order valence-corrected chi connectivity index (χ0v) is 16.9. The molecule has 3 heteroatoms. The Kier molecular flexibility index (Phi) is 4.51. The number of rotatable bonds is 6. The van der Waals surface area contributed by atoms with Gasteiger partial charge in [-0.25, -0.2) is 0 Å². The van der Waals surface area contributed by atoms with Crippen LogP contribution in [0.3, 0.4) is 0 Å². The lowest BCUT2D eigenvalue weighted by Gasteiger charge is -2.50. The van der Waals surface area contributed by atoms with Crippen LogP contribution in [-0.4, -0.2) is 46.5 Å². The SMILES string of the molecule is C=CCN1CC(C(=C)N(CC)CC)C=C2c3cccc4[nH]cc(c34)C[C@@]21C. The molecule has 2 atom stereocenters. The predicted molar refractivity (Wildman–Crippen MR) is 116 cm³/mol. The summed E-state index contributed by atoms with van der Waals surface area (Å²) in [6.07, 6.45) is 7.78. The molecule has 1 aromatic heterocycles. The largest absolute Gasteiger partial charge is 0.375 e. The number of hydrogen-bond donors (Lipinski definition) is 1. The van der Waals surface area contributed by atoms with E-state index >= 15 is 0 Å². The minimum Gasteiger partial charge on any atom is -0.375 e. The van der Waals surface area contributed by atoms with Crippen LogP contribution in [0.5, 0.6) is 0 Å². The van der Waals surface area contributed by atoms with Gasteiger partial charge in [0.05, 0.1) is 0 Å². The Hall–Kier alpha value is -2.26. The molecule has 1 N–H and O–H groups in total. The average molecular weight is 362 g/mol. The monoisotopic (exact) mass is 361 g/mol. The normalized spacial score (nSPS) is 24.4. The van der Waals surface area contributed by atoms with E-state index in [-0.39, 0.29) is 5.54 Å². The number of aromatic amines is 1. The molecule has 0 amide bonds. The predicted octanol–water partition coefficient (Wildman–Crippen LogP) is 4.84. The molecular formula is C24H31N3. The van der Waals surface area contributed by atoms with E-state index < -0.39 is 0 Å². The molecule has 0 spiro atoms. The Morgan fingerprint density at radius 3 is 2.85 bits per heavy atom. The van der Waals surface area contributed by atoms with Gasteiger partial charge in [0, 0.05) is 60.4 Å². The molecule has 2 aromatic rings. The molecule has 0 saturated heterocycles. The van der Waals surface area contributed by atoms with Crippen LogP contribution in [0, 0.1) is 5.92 Å². The maximum atomic E-state index is 4.48. The molecule has 0 radical (unpaired) electrons. The maximum Gasteiger partial charge on any atom is 0.0480 e.